The van der Waals surface area contributed by atoms with E-state index in [2.05, 4.69) is 0 Å². The van der Waals surface area contributed by atoms with Crippen LogP contribution in [0.2, 0.25) is 0 Å². The van der Waals surface area contributed by atoms with Crippen LogP contribution in [0, 0.1) is 11.2 Å². The van der Waals surface area contributed by atoms with Crippen LogP contribution >= 0.6 is 0 Å². The summed E-state index contributed by atoms with van der Waals surface area (Å²) >= 11 is 0. The maximum absolute atomic E-state index is 13.4. The average molecular weight is 279 g/mol. The first kappa shape index (κ1) is 15.9. The Morgan fingerprint density at radius 2 is 1.68 bits per heavy atom. The third-order valence-electron chi connectivity index (χ3n) is 2.91. The molecule has 0 spiro atoms. The van der Waals surface area contributed by atoms with E-state index in [4.69, 9.17) is 5.73 Å². The zero-order chi connectivity index (χ0) is 15.0. The zero-order valence-corrected chi connectivity index (χ0v) is 10.9. The van der Waals surface area contributed by atoms with Gasteiger partial charge in [0.05, 0.1) is 17.7 Å². The van der Waals surface area contributed by atoms with Gasteiger partial charge in [0.1, 0.15) is 5.82 Å². The Labute approximate surface area is 109 Å². The fourth-order valence-corrected chi connectivity index (χ4v) is 1.69. The van der Waals surface area contributed by atoms with Crippen molar-refractivity contribution in [1.82, 2.24) is 0 Å². The summed E-state index contributed by atoms with van der Waals surface area (Å²) in [5, 5.41) is 9.96. The van der Waals surface area contributed by atoms with Crippen LogP contribution in [0.15, 0.2) is 18.2 Å². The molecule has 0 bridgehead atoms. The van der Waals surface area contributed by atoms with Crippen LogP contribution in [0.3, 0.4) is 0 Å². The highest BCUT2D eigenvalue weighted by molar-refractivity contribution is 5.29. The molecule has 0 saturated heterocycles. The van der Waals surface area contributed by atoms with E-state index in [-0.39, 0.29) is 5.56 Å². The fraction of sp³-hybridized carbons (Fsp3) is 0.538. The van der Waals surface area contributed by atoms with Crippen molar-refractivity contribution < 1.29 is 22.7 Å². The van der Waals surface area contributed by atoms with Crippen LogP contribution in [-0.4, -0.2) is 11.2 Å². The second-order valence-electron chi connectivity index (χ2n) is 5.57. The molecule has 0 aliphatic rings. The lowest BCUT2D eigenvalue weighted by Crippen LogP contribution is -2.37. The minimum absolute atomic E-state index is 0.132. The van der Waals surface area contributed by atoms with Gasteiger partial charge in [-0.25, -0.2) is 4.39 Å². The topological polar surface area (TPSA) is 46.2 Å². The van der Waals surface area contributed by atoms with Gasteiger partial charge in [-0.2, -0.15) is 13.2 Å². The highest BCUT2D eigenvalue weighted by Gasteiger charge is 2.35. The molecule has 0 unspecified atom stereocenters. The number of aliphatic hydroxyl groups is 1. The van der Waals surface area contributed by atoms with Crippen molar-refractivity contribution in [1.29, 1.82) is 0 Å². The molecule has 0 amide bonds. The molecule has 1 aromatic rings. The summed E-state index contributed by atoms with van der Waals surface area (Å²) in [6.45, 7) is 5.20. The van der Waals surface area contributed by atoms with E-state index in [1.807, 2.05) is 0 Å². The molecule has 6 heteroatoms. The van der Waals surface area contributed by atoms with Gasteiger partial charge in [-0.1, -0.05) is 26.8 Å². The summed E-state index contributed by atoms with van der Waals surface area (Å²) in [5.41, 5.74) is 3.99. The molecule has 2 atom stereocenters. The zero-order valence-electron chi connectivity index (χ0n) is 10.9. The Bertz CT molecular complexity index is 451. The Morgan fingerprint density at radius 3 is 2.05 bits per heavy atom. The Kier molecular flexibility index (Phi) is 4.27. The molecule has 0 saturated carbocycles. The summed E-state index contributed by atoms with van der Waals surface area (Å²) < 4.78 is 50.6. The van der Waals surface area contributed by atoms with E-state index in [1.54, 1.807) is 20.8 Å². The normalized spacial score (nSPS) is 16.3. The first-order valence-electron chi connectivity index (χ1n) is 5.75. The van der Waals surface area contributed by atoms with Gasteiger partial charge in [-0.05, 0) is 23.1 Å². The van der Waals surface area contributed by atoms with Crippen molar-refractivity contribution in [3.8, 4) is 0 Å². The molecule has 1 rings (SSSR count). The van der Waals surface area contributed by atoms with E-state index in [0.29, 0.717) is 6.07 Å². The number of aliphatic hydroxyl groups excluding tert-OH is 1. The molecule has 0 fully saturated rings. The molecule has 1 aromatic carbocycles. The lowest BCUT2D eigenvalue weighted by atomic mass is 9.82. The number of rotatable bonds is 2. The first-order valence-corrected chi connectivity index (χ1v) is 5.75. The lowest BCUT2D eigenvalue weighted by Gasteiger charge is -2.31. The number of halogens is 4. The summed E-state index contributed by atoms with van der Waals surface area (Å²) in [6.07, 6.45) is -5.74. The van der Waals surface area contributed by atoms with Crippen molar-refractivity contribution in [2.24, 2.45) is 11.1 Å². The van der Waals surface area contributed by atoms with Gasteiger partial charge in [0.15, 0.2) is 0 Å². The standard InChI is InChI=1S/C13H17F4NO/c1-12(2,3)11(19)10(18)7-4-5-8(9(14)6-7)13(15,16)17/h4-6,10-11,19H,18H2,1-3H3/t10-,11-/m1/s1. The van der Waals surface area contributed by atoms with Crippen molar-refractivity contribution in [2.45, 2.75) is 39.1 Å². The molecule has 0 aromatic heterocycles. The summed E-state index contributed by atoms with van der Waals surface area (Å²) in [5.74, 6) is -1.39. The van der Waals surface area contributed by atoms with Crippen molar-refractivity contribution in [2.75, 3.05) is 0 Å². The number of hydrogen-bond donors (Lipinski definition) is 2. The molecule has 19 heavy (non-hydrogen) atoms. The predicted octanol–water partition coefficient (Wildman–Crippen LogP) is 3.25. The molecular weight excluding hydrogens is 262 g/mol. The summed E-state index contributed by atoms with van der Waals surface area (Å²) in [6, 6.07) is 1.50. The van der Waals surface area contributed by atoms with Gasteiger partial charge >= 0.3 is 6.18 Å². The second-order valence-corrected chi connectivity index (χ2v) is 5.57. The minimum Gasteiger partial charge on any atom is -0.391 e. The van der Waals surface area contributed by atoms with Gasteiger partial charge in [0.2, 0.25) is 0 Å². The van der Waals surface area contributed by atoms with Gasteiger partial charge in [0, 0.05) is 0 Å². The fourth-order valence-electron chi connectivity index (χ4n) is 1.69. The van der Waals surface area contributed by atoms with Crippen LogP contribution < -0.4 is 5.73 Å². The van der Waals surface area contributed by atoms with Crippen LogP contribution in [0.25, 0.3) is 0 Å². The van der Waals surface area contributed by atoms with Gasteiger partial charge in [-0.15, -0.1) is 0 Å². The monoisotopic (exact) mass is 279 g/mol. The maximum atomic E-state index is 13.4. The van der Waals surface area contributed by atoms with Crippen LogP contribution in [0.1, 0.15) is 37.9 Å². The van der Waals surface area contributed by atoms with Crippen molar-refractivity contribution in [3.63, 3.8) is 0 Å². The van der Waals surface area contributed by atoms with E-state index >= 15 is 0 Å². The molecule has 0 radical (unpaired) electrons. The molecule has 2 nitrogen and oxygen atoms in total. The van der Waals surface area contributed by atoms with Crippen LogP contribution in [-0.2, 0) is 6.18 Å². The Balaban J connectivity index is 3.08. The smallest absolute Gasteiger partial charge is 0.391 e. The SMILES string of the molecule is CC(C)(C)[C@H](O)[C@H](N)c1ccc(C(F)(F)F)c(F)c1. The average Bonchev–Trinajstić information content (AvgIpc) is 2.23. The number of hydrogen-bond acceptors (Lipinski definition) is 2. The van der Waals surface area contributed by atoms with Gasteiger partial charge in [-0.3, -0.25) is 0 Å². The largest absolute Gasteiger partial charge is 0.419 e. The van der Waals surface area contributed by atoms with Crippen molar-refractivity contribution >= 4 is 0 Å². The summed E-state index contributed by atoms with van der Waals surface area (Å²) in [4.78, 5) is 0. The van der Waals surface area contributed by atoms with Crippen LogP contribution in [0.4, 0.5) is 17.6 Å². The third-order valence-corrected chi connectivity index (χ3v) is 2.91. The van der Waals surface area contributed by atoms with E-state index < -0.39 is 35.1 Å². The molecular formula is C13H17F4NO. The van der Waals surface area contributed by atoms with E-state index in [0.717, 1.165) is 12.1 Å². The molecule has 0 aliphatic carbocycles. The van der Waals surface area contributed by atoms with Gasteiger partial charge < -0.3 is 10.8 Å². The quantitative estimate of drug-likeness (QED) is 0.816. The molecule has 0 aliphatic heterocycles. The molecule has 108 valence electrons. The first-order chi connectivity index (χ1) is 8.44. The van der Waals surface area contributed by atoms with E-state index in [9.17, 15) is 22.7 Å². The number of nitrogens with two attached hydrogens (primary N) is 1. The highest BCUT2D eigenvalue weighted by atomic mass is 19.4. The number of alkyl halides is 3. The molecule has 0 heterocycles. The Hall–Kier alpha value is -1.14. The highest BCUT2D eigenvalue weighted by Crippen LogP contribution is 2.34. The minimum atomic E-state index is -4.74. The lowest BCUT2D eigenvalue weighted by molar-refractivity contribution is -0.140. The molecule has 3 N–H and O–H groups in total. The van der Waals surface area contributed by atoms with Crippen LogP contribution in [0.5, 0.6) is 0 Å². The van der Waals surface area contributed by atoms with Gasteiger partial charge in [0.25, 0.3) is 0 Å². The summed E-state index contributed by atoms with van der Waals surface area (Å²) in [7, 11) is 0. The number of benzene rings is 1. The maximum Gasteiger partial charge on any atom is 0.419 e. The second kappa shape index (κ2) is 5.09. The predicted molar refractivity (Wildman–Crippen MR) is 63.8 cm³/mol. The van der Waals surface area contributed by atoms with Crippen molar-refractivity contribution in [3.05, 3.63) is 35.1 Å². The Morgan fingerprint density at radius 1 is 1.16 bits per heavy atom. The third kappa shape index (κ3) is 3.67. The van der Waals surface area contributed by atoms with E-state index in [1.165, 1.54) is 0 Å².